The van der Waals surface area contributed by atoms with Gasteiger partial charge in [0.2, 0.25) is 0 Å². The molecule has 0 bridgehead atoms. The Kier molecular flexibility index (Phi) is 6.92. The van der Waals surface area contributed by atoms with Crippen molar-refractivity contribution in [3.63, 3.8) is 0 Å². The van der Waals surface area contributed by atoms with Gasteiger partial charge in [0.15, 0.2) is 0 Å². The summed E-state index contributed by atoms with van der Waals surface area (Å²) in [7, 11) is 1.35. The zero-order chi connectivity index (χ0) is 26.0. The van der Waals surface area contributed by atoms with Crippen LogP contribution in [0.25, 0.3) is 11.8 Å². The molecule has 0 atom stereocenters. The number of methoxy groups -OCH3 is 1. The van der Waals surface area contributed by atoms with E-state index in [2.05, 4.69) is 0 Å². The molecule has 0 radical (unpaired) electrons. The normalized spacial score (nSPS) is 14.5. The number of hydrogen-bond acceptors (Lipinski definition) is 5. The van der Waals surface area contributed by atoms with Crippen molar-refractivity contribution in [3.05, 3.63) is 100 Å². The molecule has 2 aromatic carbocycles. The molecular weight excluding hydrogens is 456 g/mol. The van der Waals surface area contributed by atoms with E-state index in [1.807, 2.05) is 66.9 Å². The number of para-hydroxylation sites is 2. The van der Waals surface area contributed by atoms with Crippen LogP contribution in [0, 0.1) is 13.8 Å². The third kappa shape index (κ3) is 4.24. The largest absolute Gasteiger partial charge is 0.465 e. The Hall–Kier alpha value is -4.39. The van der Waals surface area contributed by atoms with Gasteiger partial charge in [-0.3, -0.25) is 9.69 Å². The Labute approximate surface area is 210 Å². The lowest BCUT2D eigenvalue weighted by Gasteiger charge is -2.17. The number of carbonyl (C=O) groups is 3. The second-order valence-electron chi connectivity index (χ2n) is 8.39. The van der Waals surface area contributed by atoms with E-state index in [-0.39, 0.29) is 23.7 Å². The first-order valence-electron chi connectivity index (χ1n) is 11.7. The summed E-state index contributed by atoms with van der Waals surface area (Å²) >= 11 is 0. The highest BCUT2D eigenvalue weighted by molar-refractivity contribution is 6.23. The molecule has 0 saturated carbocycles. The summed E-state index contributed by atoms with van der Waals surface area (Å²) in [5.41, 5.74) is 5.20. The Bertz CT molecular complexity index is 1410. The van der Waals surface area contributed by atoms with Crippen LogP contribution in [0.1, 0.15) is 41.2 Å². The van der Waals surface area contributed by atoms with E-state index in [0.717, 1.165) is 17.0 Å². The second-order valence-corrected chi connectivity index (χ2v) is 8.39. The van der Waals surface area contributed by atoms with Gasteiger partial charge in [-0.05, 0) is 69.7 Å². The zero-order valence-electron chi connectivity index (χ0n) is 21.0. The van der Waals surface area contributed by atoms with Crippen LogP contribution in [0.2, 0.25) is 0 Å². The molecule has 36 heavy (non-hydrogen) atoms. The second kappa shape index (κ2) is 10.1. The van der Waals surface area contributed by atoms with E-state index in [1.54, 1.807) is 32.1 Å². The van der Waals surface area contributed by atoms with Crippen molar-refractivity contribution < 1.29 is 23.9 Å². The fraction of sp³-hybridized carbons (Fsp3) is 0.207. The van der Waals surface area contributed by atoms with Crippen molar-refractivity contribution in [2.24, 2.45) is 0 Å². The lowest BCUT2D eigenvalue weighted by molar-refractivity contribution is -0.138. The van der Waals surface area contributed by atoms with Crippen molar-refractivity contribution >= 4 is 29.6 Å². The lowest BCUT2D eigenvalue weighted by atomic mass is 10.0. The molecule has 1 aromatic heterocycles. The molecule has 1 aliphatic heterocycles. The van der Waals surface area contributed by atoms with Crippen molar-refractivity contribution in [1.29, 1.82) is 0 Å². The molecule has 0 fully saturated rings. The molecule has 0 unspecified atom stereocenters. The number of anilines is 1. The van der Waals surface area contributed by atoms with Crippen LogP contribution in [0.3, 0.4) is 0 Å². The summed E-state index contributed by atoms with van der Waals surface area (Å²) in [6.45, 7) is 7.50. The lowest BCUT2D eigenvalue weighted by Crippen LogP contribution is -2.24. The predicted octanol–water partition coefficient (Wildman–Crippen LogP) is 5.15. The number of allylic oxidation sites excluding steroid dienone is 1. The third-order valence-electron chi connectivity index (χ3n) is 6.21. The molecule has 0 N–H and O–H groups in total. The van der Waals surface area contributed by atoms with Crippen molar-refractivity contribution in [3.8, 4) is 5.69 Å². The topological polar surface area (TPSA) is 77.8 Å². The first-order valence-corrected chi connectivity index (χ1v) is 11.7. The van der Waals surface area contributed by atoms with Crippen LogP contribution in [-0.2, 0) is 19.1 Å². The molecule has 7 heteroatoms. The van der Waals surface area contributed by atoms with Gasteiger partial charge >= 0.3 is 11.9 Å². The van der Waals surface area contributed by atoms with Crippen LogP contribution in [0.4, 0.5) is 5.69 Å². The van der Waals surface area contributed by atoms with Crippen LogP contribution < -0.4 is 4.90 Å². The Morgan fingerprint density at radius 1 is 0.944 bits per heavy atom. The highest BCUT2D eigenvalue weighted by Crippen LogP contribution is 2.36. The molecular formula is C29H28N2O5. The van der Waals surface area contributed by atoms with Gasteiger partial charge in [-0.1, -0.05) is 30.3 Å². The quantitative estimate of drug-likeness (QED) is 0.357. The van der Waals surface area contributed by atoms with Crippen molar-refractivity contribution in [1.82, 2.24) is 4.57 Å². The molecule has 1 amide bonds. The minimum Gasteiger partial charge on any atom is -0.465 e. The number of hydrogen-bond donors (Lipinski definition) is 0. The average Bonchev–Trinajstić information content (AvgIpc) is 3.29. The van der Waals surface area contributed by atoms with Crippen LogP contribution in [-0.4, -0.2) is 36.1 Å². The number of esters is 2. The number of rotatable bonds is 6. The van der Waals surface area contributed by atoms with Crippen LogP contribution in [0.15, 0.2) is 77.5 Å². The highest BCUT2D eigenvalue weighted by Gasteiger charge is 2.38. The van der Waals surface area contributed by atoms with E-state index in [1.165, 1.54) is 12.0 Å². The van der Waals surface area contributed by atoms with E-state index in [4.69, 9.17) is 9.47 Å². The van der Waals surface area contributed by atoms with Crippen LogP contribution in [0.5, 0.6) is 0 Å². The van der Waals surface area contributed by atoms with Gasteiger partial charge < -0.3 is 14.0 Å². The average molecular weight is 485 g/mol. The van der Waals surface area contributed by atoms with Gasteiger partial charge in [0.25, 0.3) is 5.91 Å². The summed E-state index contributed by atoms with van der Waals surface area (Å²) in [6, 6.07) is 18.3. The van der Waals surface area contributed by atoms with Gasteiger partial charge in [-0.25, -0.2) is 9.59 Å². The summed E-state index contributed by atoms with van der Waals surface area (Å²) in [5.74, 6) is -1.29. The van der Waals surface area contributed by atoms with Gasteiger partial charge in [0, 0.05) is 22.8 Å². The fourth-order valence-electron chi connectivity index (χ4n) is 4.58. The number of ether oxygens (including phenoxy) is 2. The molecule has 0 spiro atoms. The third-order valence-corrected chi connectivity index (χ3v) is 6.21. The molecule has 4 rings (SSSR count). The molecule has 7 nitrogen and oxygen atoms in total. The smallest absolute Gasteiger partial charge is 0.340 e. The SMILES string of the molecule is CCOC(=O)C1=C(C)N(c2ccccc2)C(=O)/C1=C\c1cc(C)n(-c2ccccc2C(=O)OC)c1C. The first kappa shape index (κ1) is 24.7. The Morgan fingerprint density at radius 3 is 2.28 bits per heavy atom. The maximum absolute atomic E-state index is 13.6. The summed E-state index contributed by atoms with van der Waals surface area (Å²) in [5, 5.41) is 0. The van der Waals surface area contributed by atoms with Gasteiger partial charge in [0.1, 0.15) is 0 Å². The summed E-state index contributed by atoms with van der Waals surface area (Å²) in [4.78, 5) is 40.5. The van der Waals surface area contributed by atoms with E-state index < -0.39 is 11.9 Å². The van der Waals surface area contributed by atoms with Gasteiger partial charge in [-0.2, -0.15) is 0 Å². The Morgan fingerprint density at radius 2 is 1.61 bits per heavy atom. The first-order chi connectivity index (χ1) is 17.3. The highest BCUT2D eigenvalue weighted by atomic mass is 16.5. The number of carbonyl (C=O) groups excluding carboxylic acids is 3. The van der Waals surface area contributed by atoms with Crippen LogP contribution >= 0.6 is 0 Å². The number of nitrogens with zero attached hydrogens (tertiary/aromatic N) is 2. The van der Waals surface area contributed by atoms with Crippen molar-refractivity contribution in [2.45, 2.75) is 27.7 Å². The van der Waals surface area contributed by atoms with Gasteiger partial charge in [0.05, 0.1) is 36.1 Å². The molecule has 3 aromatic rings. The minimum absolute atomic E-state index is 0.196. The fourth-order valence-corrected chi connectivity index (χ4v) is 4.58. The number of benzene rings is 2. The zero-order valence-corrected chi connectivity index (χ0v) is 21.0. The summed E-state index contributed by atoms with van der Waals surface area (Å²) in [6.07, 6.45) is 1.72. The van der Waals surface area contributed by atoms with Crippen molar-refractivity contribution in [2.75, 3.05) is 18.6 Å². The maximum atomic E-state index is 13.6. The molecule has 1 aliphatic rings. The molecule has 0 aliphatic carbocycles. The minimum atomic E-state index is -0.544. The number of amides is 1. The van der Waals surface area contributed by atoms with E-state index in [0.29, 0.717) is 22.6 Å². The number of aryl methyl sites for hydroxylation is 1. The maximum Gasteiger partial charge on any atom is 0.340 e. The number of aromatic nitrogens is 1. The Balaban J connectivity index is 1.87. The van der Waals surface area contributed by atoms with E-state index in [9.17, 15) is 14.4 Å². The monoisotopic (exact) mass is 484 g/mol. The molecule has 184 valence electrons. The molecule has 2 heterocycles. The standard InChI is InChI=1S/C29H28N2O5/c1-6-36-29(34)26-20(4)31(22-12-8-7-9-13-22)27(32)24(26)17-21-16-18(2)30(19(21)3)25-15-11-10-14-23(25)28(33)35-5/h7-17H,6H2,1-5H3/b24-17-. The summed E-state index contributed by atoms with van der Waals surface area (Å²) < 4.78 is 12.2. The van der Waals surface area contributed by atoms with E-state index >= 15 is 0 Å². The van der Waals surface area contributed by atoms with Gasteiger partial charge in [-0.15, -0.1) is 0 Å². The predicted molar refractivity (Wildman–Crippen MR) is 138 cm³/mol. The molecule has 0 saturated heterocycles.